The Morgan fingerprint density at radius 1 is 1.00 bits per heavy atom. The van der Waals surface area contributed by atoms with Crippen molar-refractivity contribution in [3.8, 4) is 34.2 Å². The summed E-state index contributed by atoms with van der Waals surface area (Å²) in [6.07, 6.45) is 11.2. The molecule has 0 amide bonds. The number of pyridine rings is 3. The van der Waals surface area contributed by atoms with Crippen LogP contribution in [-0.2, 0) is 13.5 Å². The third-order valence-electron chi connectivity index (χ3n) is 7.75. The van der Waals surface area contributed by atoms with Gasteiger partial charge in [-0.1, -0.05) is 6.07 Å². The van der Waals surface area contributed by atoms with Crippen molar-refractivity contribution in [2.24, 2.45) is 6.98 Å². The molecule has 8 rings (SSSR count). The van der Waals surface area contributed by atoms with Crippen LogP contribution in [0.2, 0.25) is 0 Å². The van der Waals surface area contributed by atoms with Gasteiger partial charge in [0.2, 0.25) is 5.88 Å². The Balaban J connectivity index is 1.13. The summed E-state index contributed by atoms with van der Waals surface area (Å²) in [5.74, 6) is 1.54. The van der Waals surface area contributed by atoms with Gasteiger partial charge in [-0.3, -0.25) is 9.58 Å². The van der Waals surface area contributed by atoms with Crippen molar-refractivity contribution in [2.45, 2.75) is 25.0 Å². The SMILES string of the molecule is [2H]C([2H])([2H])n1cc(-c2cc(-c3ccc(N4CC5CC(C4)N5Cc4ccc(OC)nc4)nc3)c3c(C#N)cnn3c2)cn1. The highest BCUT2D eigenvalue weighted by Gasteiger charge is 2.44. The zero-order valence-electron chi connectivity index (χ0n) is 24.3. The molecule has 3 aliphatic rings. The van der Waals surface area contributed by atoms with Crippen LogP contribution < -0.4 is 9.64 Å². The number of aryl methyl sites for hydroxylation is 1. The largest absolute Gasteiger partial charge is 0.481 e. The third-order valence-corrected chi connectivity index (χ3v) is 7.75. The Hall–Kier alpha value is -4.75. The van der Waals surface area contributed by atoms with E-state index >= 15 is 0 Å². The Bertz CT molecular complexity index is 1790. The maximum absolute atomic E-state index is 9.74. The first-order valence-corrected chi connectivity index (χ1v) is 12.7. The summed E-state index contributed by atoms with van der Waals surface area (Å²) in [4.78, 5) is 14.0. The minimum Gasteiger partial charge on any atom is -0.481 e. The Morgan fingerprint density at radius 3 is 2.59 bits per heavy atom. The van der Waals surface area contributed by atoms with Crippen LogP contribution in [0.4, 0.5) is 5.82 Å². The van der Waals surface area contributed by atoms with E-state index in [2.05, 4.69) is 37.1 Å². The molecule has 0 saturated carbocycles. The molecule has 39 heavy (non-hydrogen) atoms. The van der Waals surface area contributed by atoms with E-state index in [9.17, 15) is 5.26 Å². The molecular formula is C29H27N9O. The fourth-order valence-corrected chi connectivity index (χ4v) is 5.75. The third kappa shape index (κ3) is 4.08. The second-order valence-electron chi connectivity index (χ2n) is 10.0. The predicted octanol–water partition coefficient (Wildman–Crippen LogP) is 3.54. The molecule has 5 aromatic heterocycles. The topological polar surface area (TPSA) is 100 Å². The molecule has 8 heterocycles. The molecule has 2 bridgehead atoms. The van der Waals surface area contributed by atoms with Gasteiger partial charge >= 0.3 is 0 Å². The van der Waals surface area contributed by atoms with E-state index in [1.54, 1.807) is 17.8 Å². The van der Waals surface area contributed by atoms with Crippen molar-refractivity contribution in [2.75, 3.05) is 25.1 Å². The summed E-state index contributed by atoms with van der Waals surface area (Å²) >= 11 is 0. The van der Waals surface area contributed by atoms with E-state index in [1.807, 2.05) is 36.7 Å². The molecule has 5 aromatic rings. The number of aromatic nitrogens is 6. The van der Waals surface area contributed by atoms with Crippen molar-refractivity contribution in [3.63, 3.8) is 0 Å². The van der Waals surface area contributed by atoms with Gasteiger partial charge < -0.3 is 9.64 Å². The van der Waals surface area contributed by atoms with Crippen LogP contribution in [-0.4, -0.2) is 66.5 Å². The number of piperazine rings is 1. The lowest BCUT2D eigenvalue weighted by atomic mass is 9.87. The lowest BCUT2D eigenvalue weighted by Crippen LogP contribution is -2.68. The lowest BCUT2D eigenvalue weighted by molar-refractivity contribution is -0.00876. The van der Waals surface area contributed by atoms with Gasteiger partial charge in [-0.2, -0.15) is 15.5 Å². The number of anilines is 1. The van der Waals surface area contributed by atoms with E-state index in [-0.39, 0.29) is 0 Å². The number of hydrogen-bond acceptors (Lipinski definition) is 8. The average Bonchev–Trinajstić information content (AvgIpc) is 3.68. The predicted molar refractivity (Wildman–Crippen MR) is 146 cm³/mol. The Morgan fingerprint density at radius 2 is 1.90 bits per heavy atom. The molecule has 10 heteroatoms. The summed E-state index contributed by atoms with van der Waals surface area (Å²) in [6, 6.07) is 13.1. The number of methoxy groups -OCH3 is 1. The van der Waals surface area contributed by atoms with E-state index < -0.39 is 6.98 Å². The van der Waals surface area contributed by atoms with Gasteiger partial charge in [0, 0.05) is 95.9 Å². The number of hydrogen-bond donors (Lipinski definition) is 0. The minimum absolute atomic E-state index is 0.446. The summed E-state index contributed by atoms with van der Waals surface area (Å²) in [5, 5.41) is 18.1. The average molecular weight is 521 g/mol. The van der Waals surface area contributed by atoms with Crippen LogP contribution in [0.5, 0.6) is 5.88 Å². The lowest BCUT2D eigenvalue weighted by Gasteiger charge is -2.56. The van der Waals surface area contributed by atoms with E-state index in [4.69, 9.17) is 13.8 Å². The first-order valence-electron chi connectivity index (χ1n) is 14.2. The fraction of sp³-hybridized carbons (Fsp3) is 0.276. The summed E-state index contributed by atoms with van der Waals surface area (Å²) in [7, 11) is 1.62. The van der Waals surface area contributed by atoms with Gasteiger partial charge in [0.25, 0.3) is 0 Å². The van der Waals surface area contributed by atoms with Crippen molar-refractivity contribution in [1.29, 1.82) is 5.26 Å². The molecule has 0 radical (unpaired) electrons. The fourth-order valence-electron chi connectivity index (χ4n) is 5.75. The second kappa shape index (κ2) is 9.22. The highest BCUT2D eigenvalue weighted by Crippen LogP contribution is 2.37. The van der Waals surface area contributed by atoms with Crippen molar-refractivity contribution >= 4 is 11.3 Å². The monoisotopic (exact) mass is 520 g/mol. The summed E-state index contributed by atoms with van der Waals surface area (Å²) in [5.41, 5.74) is 5.27. The van der Waals surface area contributed by atoms with E-state index in [1.165, 1.54) is 30.6 Å². The zero-order valence-corrected chi connectivity index (χ0v) is 21.3. The molecule has 3 saturated heterocycles. The molecule has 3 aliphatic heterocycles. The van der Waals surface area contributed by atoms with Crippen molar-refractivity contribution in [3.05, 3.63) is 78.6 Å². The number of rotatable bonds is 6. The van der Waals surface area contributed by atoms with Crippen molar-refractivity contribution < 1.29 is 8.85 Å². The van der Waals surface area contributed by atoms with E-state index in [0.29, 0.717) is 34.6 Å². The van der Waals surface area contributed by atoms with Gasteiger partial charge in [-0.05, 0) is 30.2 Å². The first kappa shape index (κ1) is 20.2. The van der Waals surface area contributed by atoms with Gasteiger partial charge in [0.15, 0.2) is 0 Å². The van der Waals surface area contributed by atoms with Crippen molar-refractivity contribution in [1.82, 2.24) is 34.3 Å². The Labute approximate surface area is 229 Å². The highest BCUT2D eigenvalue weighted by atomic mass is 16.5. The number of nitriles is 1. The van der Waals surface area contributed by atoms with Gasteiger partial charge in [0.1, 0.15) is 11.9 Å². The number of piperidine rings is 1. The van der Waals surface area contributed by atoms with Gasteiger partial charge in [0.05, 0.1) is 30.6 Å². The summed E-state index contributed by atoms with van der Waals surface area (Å²) in [6.45, 7) is 0.308. The van der Waals surface area contributed by atoms with Crippen LogP contribution in [0.1, 0.15) is 21.7 Å². The van der Waals surface area contributed by atoms with Crippen LogP contribution in [0, 0.1) is 11.3 Å². The quantitative estimate of drug-likeness (QED) is 0.335. The number of fused-ring (bicyclic) bond motifs is 3. The molecule has 0 N–H and O–H groups in total. The minimum atomic E-state index is -2.37. The highest BCUT2D eigenvalue weighted by molar-refractivity contribution is 5.87. The number of nitrogens with zero attached hydrogens (tertiary/aromatic N) is 9. The molecule has 194 valence electrons. The maximum atomic E-state index is 9.74. The molecule has 2 atom stereocenters. The molecular weight excluding hydrogens is 490 g/mol. The molecule has 0 aromatic carbocycles. The first-order chi connectivity index (χ1) is 20.3. The summed E-state index contributed by atoms with van der Waals surface area (Å²) < 4.78 is 30.7. The van der Waals surface area contributed by atoms with Crippen LogP contribution >= 0.6 is 0 Å². The standard InChI is InChI=1S/C29H27N9O/c1-35-15-23(13-33-35)21-7-26(29-22(9-30)12-34-38(29)16-21)20-4-5-27(31-11-20)36-17-24-8-25(18-36)37(24)14-19-3-6-28(39-2)32-10-19/h3-7,10-13,15-16,24-25H,8,14,17-18H2,1-2H3/i1D3. The zero-order chi connectivity index (χ0) is 29.0. The van der Waals surface area contributed by atoms with Crippen LogP contribution in [0.15, 0.2) is 67.5 Å². The molecule has 2 unspecified atom stereocenters. The molecule has 0 spiro atoms. The van der Waals surface area contributed by atoms with Crippen LogP contribution in [0.25, 0.3) is 27.8 Å². The normalized spacial score (nSPS) is 20.1. The molecule has 3 fully saturated rings. The second-order valence-corrected chi connectivity index (χ2v) is 10.0. The molecule has 10 nitrogen and oxygen atoms in total. The Kier molecular flexibility index (Phi) is 4.78. The maximum Gasteiger partial charge on any atom is 0.212 e. The molecule has 0 aliphatic carbocycles. The smallest absolute Gasteiger partial charge is 0.212 e. The van der Waals surface area contributed by atoms with Gasteiger partial charge in [-0.15, -0.1) is 0 Å². The van der Waals surface area contributed by atoms with Gasteiger partial charge in [-0.25, -0.2) is 14.5 Å². The van der Waals surface area contributed by atoms with E-state index in [0.717, 1.165) is 46.8 Å². The van der Waals surface area contributed by atoms with Crippen LogP contribution in [0.3, 0.4) is 0 Å². The number of ether oxygens (including phenoxy) is 1.